The lowest BCUT2D eigenvalue weighted by Crippen LogP contribution is -2.02. The van der Waals surface area contributed by atoms with Gasteiger partial charge in [0.05, 0.1) is 25.8 Å². The smallest absolute Gasteiger partial charge is 0.269 e. The minimum atomic E-state index is -4.06. The largest absolute Gasteiger partial charge is 0.285 e. The second-order valence-electron chi connectivity index (χ2n) is 4.84. The number of benzene rings is 2. The van der Waals surface area contributed by atoms with Gasteiger partial charge in [-0.1, -0.05) is 70.7 Å². The van der Waals surface area contributed by atoms with E-state index in [9.17, 15) is 16.8 Å². The van der Waals surface area contributed by atoms with E-state index in [-0.39, 0.29) is 26.4 Å². The van der Waals surface area contributed by atoms with E-state index in [1.165, 1.54) is 12.1 Å². The molecule has 0 saturated carbocycles. The van der Waals surface area contributed by atoms with Crippen molar-refractivity contribution in [3.8, 4) is 0 Å². The molecule has 0 amide bonds. The average Bonchev–Trinajstić information content (AvgIpc) is 2.47. The fraction of sp³-hybridized carbons (Fsp3) is 0.143. The van der Waals surface area contributed by atoms with Gasteiger partial charge in [0.15, 0.2) is 0 Å². The van der Waals surface area contributed by atoms with Gasteiger partial charge in [0.25, 0.3) is 10.1 Å². The Morgan fingerprint density at radius 1 is 0.731 bits per heavy atom. The zero-order chi connectivity index (χ0) is 20.1. The molecule has 0 atom stereocenters. The summed E-state index contributed by atoms with van der Waals surface area (Å²) in [4.78, 5) is 0. The first-order valence-corrected chi connectivity index (χ1v) is 12.1. The van der Waals surface area contributed by atoms with E-state index in [1.54, 1.807) is 24.3 Å². The van der Waals surface area contributed by atoms with Crippen LogP contribution in [0.3, 0.4) is 0 Å². The molecule has 0 fully saturated rings. The lowest BCUT2D eigenvalue weighted by atomic mass is 10.2. The van der Waals surface area contributed by atoms with E-state index in [1.807, 2.05) is 0 Å². The molecule has 0 aliphatic heterocycles. The summed E-state index contributed by atoms with van der Waals surface area (Å²) in [5, 5.41) is 0.970. The van der Waals surface area contributed by atoms with Gasteiger partial charge in [-0.2, -0.15) is 8.42 Å². The van der Waals surface area contributed by atoms with Crippen LogP contribution in [0.5, 0.6) is 0 Å². The maximum absolute atomic E-state index is 10.7. The molecule has 0 aromatic heterocycles. The molecular formula is C14H11Cl5O5S2. The van der Waals surface area contributed by atoms with Crippen LogP contribution in [0.15, 0.2) is 36.4 Å². The van der Waals surface area contributed by atoms with E-state index in [0.29, 0.717) is 10.6 Å². The highest BCUT2D eigenvalue weighted by Gasteiger charge is 2.12. The average molecular weight is 501 g/mol. The van der Waals surface area contributed by atoms with Gasteiger partial charge < -0.3 is 0 Å². The second kappa shape index (κ2) is 9.80. The number of hydrogen-bond acceptors (Lipinski definition) is 4. The summed E-state index contributed by atoms with van der Waals surface area (Å²) in [6, 6.07) is 9.35. The van der Waals surface area contributed by atoms with Crippen LogP contribution in [0.2, 0.25) is 20.1 Å². The van der Waals surface area contributed by atoms with Crippen LogP contribution >= 0.6 is 57.1 Å². The third-order valence-corrected chi connectivity index (χ3v) is 6.10. The van der Waals surface area contributed by atoms with Gasteiger partial charge in [-0.25, -0.2) is 8.42 Å². The molecule has 2 aromatic carbocycles. The van der Waals surface area contributed by atoms with Crippen LogP contribution in [0.4, 0.5) is 0 Å². The van der Waals surface area contributed by atoms with Crippen molar-refractivity contribution in [3.05, 3.63) is 67.6 Å². The fourth-order valence-electron chi connectivity index (χ4n) is 1.70. The molecule has 0 heterocycles. The van der Waals surface area contributed by atoms with Crippen molar-refractivity contribution in [3.63, 3.8) is 0 Å². The highest BCUT2D eigenvalue weighted by Crippen LogP contribution is 2.28. The molecule has 0 aliphatic rings. The van der Waals surface area contributed by atoms with Gasteiger partial charge in [-0.05, 0) is 23.3 Å². The van der Waals surface area contributed by atoms with Crippen molar-refractivity contribution >= 4 is 76.3 Å². The Labute approximate surface area is 175 Å². The number of halogens is 5. The van der Waals surface area contributed by atoms with Crippen LogP contribution in [0, 0.1) is 0 Å². The van der Waals surface area contributed by atoms with E-state index < -0.39 is 24.9 Å². The Morgan fingerprint density at radius 3 is 1.46 bits per heavy atom. The molecule has 26 heavy (non-hydrogen) atoms. The highest BCUT2D eigenvalue weighted by atomic mass is 35.7. The summed E-state index contributed by atoms with van der Waals surface area (Å²) in [5.74, 6) is -0.833. The van der Waals surface area contributed by atoms with E-state index in [2.05, 4.69) is 0 Å². The first-order valence-electron chi connectivity index (χ1n) is 6.53. The topological polar surface area (TPSA) is 88.5 Å². The van der Waals surface area contributed by atoms with Crippen molar-refractivity contribution in [2.45, 2.75) is 11.5 Å². The molecule has 1 N–H and O–H groups in total. The lowest BCUT2D eigenvalue weighted by molar-refractivity contribution is 0.482. The first kappa shape index (κ1) is 23.8. The predicted molar refractivity (Wildman–Crippen MR) is 107 cm³/mol. The second-order valence-corrected chi connectivity index (χ2v) is 10.6. The maximum atomic E-state index is 10.7. The van der Waals surface area contributed by atoms with Crippen LogP contribution in [0.1, 0.15) is 11.1 Å². The minimum absolute atomic E-state index is 0.154. The number of hydrogen-bond donors (Lipinski definition) is 1. The van der Waals surface area contributed by atoms with Crippen molar-refractivity contribution in [2.24, 2.45) is 0 Å². The summed E-state index contributed by atoms with van der Waals surface area (Å²) < 4.78 is 51.0. The Hall–Kier alpha value is -0.250. The molecule has 144 valence electrons. The molecule has 0 spiro atoms. The molecule has 0 aliphatic carbocycles. The Bertz CT molecular complexity index is 909. The van der Waals surface area contributed by atoms with E-state index in [4.69, 9.17) is 61.6 Å². The standard InChI is InChI=1S/C7H5Cl3O2S.C7H6Cl2O3S/c2*8-6-3-1-2-5(7(6)9)4-13(10,11)12/h1-3H,4H2;1-3H,4H2,(H,10,11,12). The lowest BCUT2D eigenvalue weighted by Gasteiger charge is -2.02. The van der Waals surface area contributed by atoms with E-state index in [0.717, 1.165) is 0 Å². The zero-order valence-electron chi connectivity index (χ0n) is 12.7. The van der Waals surface area contributed by atoms with Crippen LogP contribution in [-0.2, 0) is 30.7 Å². The summed E-state index contributed by atoms with van der Waals surface area (Å²) in [5.41, 5.74) is 0.695. The molecule has 12 heteroatoms. The fourth-order valence-corrected chi connectivity index (χ4v) is 4.23. The van der Waals surface area contributed by atoms with Gasteiger partial charge in [-0.15, -0.1) is 0 Å². The summed E-state index contributed by atoms with van der Waals surface area (Å²) >= 11 is 22.7. The van der Waals surface area contributed by atoms with Gasteiger partial charge in [-0.3, -0.25) is 4.55 Å². The quantitative estimate of drug-likeness (QED) is 0.446. The van der Waals surface area contributed by atoms with Crippen molar-refractivity contribution < 1.29 is 21.4 Å². The number of rotatable bonds is 4. The molecule has 2 rings (SSSR count). The van der Waals surface area contributed by atoms with Crippen molar-refractivity contribution in [1.82, 2.24) is 0 Å². The van der Waals surface area contributed by atoms with E-state index >= 15 is 0 Å². The van der Waals surface area contributed by atoms with Crippen LogP contribution < -0.4 is 0 Å². The molecule has 2 aromatic rings. The summed E-state index contributed by atoms with van der Waals surface area (Å²) in [6.45, 7) is 0. The first-order chi connectivity index (χ1) is 11.8. The summed E-state index contributed by atoms with van der Waals surface area (Å²) in [6.07, 6.45) is 0. The molecule has 0 bridgehead atoms. The van der Waals surface area contributed by atoms with Gasteiger partial charge in [0.2, 0.25) is 9.05 Å². The maximum Gasteiger partial charge on any atom is 0.269 e. The Morgan fingerprint density at radius 2 is 1.12 bits per heavy atom. The third-order valence-electron chi connectivity index (χ3n) is 2.73. The normalized spacial score (nSPS) is 11.6. The zero-order valence-corrected chi connectivity index (χ0v) is 18.1. The summed E-state index contributed by atoms with van der Waals surface area (Å²) in [7, 11) is -2.58. The van der Waals surface area contributed by atoms with Crippen molar-refractivity contribution in [2.75, 3.05) is 0 Å². The van der Waals surface area contributed by atoms with Crippen LogP contribution in [-0.4, -0.2) is 21.4 Å². The predicted octanol–water partition coefficient (Wildman–Crippen LogP) is 5.44. The van der Waals surface area contributed by atoms with Crippen molar-refractivity contribution in [1.29, 1.82) is 0 Å². The molecule has 5 nitrogen and oxygen atoms in total. The monoisotopic (exact) mass is 498 g/mol. The SMILES string of the molecule is O=S(=O)(Cl)Cc1cccc(Cl)c1Cl.O=S(=O)(O)Cc1cccc(Cl)c1Cl. The molecule has 0 saturated heterocycles. The Balaban J connectivity index is 0.000000260. The Kier molecular flexibility index (Phi) is 8.96. The molecule has 0 unspecified atom stereocenters. The third kappa shape index (κ3) is 8.63. The van der Waals surface area contributed by atoms with Gasteiger partial charge in [0, 0.05) is 10.7 Å². The highest BCUT2D eigenvalue weighted by molar-refractivity contribution is 8.13. The van der Waals surface area contributed by atoms with Gasteiger partial charge >= 0.3 is 0 Å². The minimum Gasteiger partial charge on any atom is -0.285 e. The molecular weight excluding hydrogens is 490 g/mol. The molecule has 0 radical (unpaired) electrons. The van der Waals surface area contributed by atoms with Gasteiger partial charge in [0.1, 0.15) is 5.75 Å². The van der Waals surface area contributed by atoms with Crippen LogP contribution in [0.25, 0.3) is 0 Å².